The van der Waals surface area contributed by atoms with Gasteiger partial charge in [0.15, 0.2) is 0 Å². The largest absolute Gasteiger partial charge is 0.497 e. The van der Waals surface area contributed by atoms with Crippen LogP contribution >= 0.6 is 11.3 Å². The molecule has 31 heavy (non-hydrogen) atoms. The standard InChI is InChI=1S/C22H21N5O3S/c1-11-8-13(10-29-2)16-18-19(31-22(16)24-11)21(28)26-20(25-18)17-15(9-23-27-17)12-4-6-14(30-3)7-5-12/h4-9,20,25H,10H2,1-3H3,(H,23,27)(H,26,28)/t20-/m0/s1. The van der Waals surface area contributed by atoms with Crippen LogP contribution in [0.4, 0.5) is 5.69 Å². The number of nitrogens with zero attached hydrogens (tertiary/aromatic N) is 2. The second-order valence-corrected chi connectivity index (χ2v) is 8.32. The molecule has 158 valence electrons. The highest BCUT2D eigenvalue weighted by molar-refractivity contribution is 7.21. The summed E-state index contributed by atoms with van der Waals surface area (Å²) in [5, 5.41) is 14.7. The Labute approximate surface area is 182 Å². The lowest BCUT2D eigenvalue weighted by atomic mass is 10.0. The van der Waals surface area contributed by atoms with Crippen molar-refractivity contribution < 1.29 is 14.3 Å². The Bertz CT molecular complexity index is 1280. The van der Waals surface area contributed by atoms with E-state index in [1.165, 1.54) is 11.3 Å². The first-order valence-corrected chi connectivity index (χ1v) is 10.6. The topological polar surface area (TPSA) is 101 Å². The van der Waals surface area contributed by atoms with Gasteiger partial charge in [0.2, 0.25) is 0 Å². The molecule has 3 aromatic heterocycles. The highest BCUT2D eigenvalue weighted by atomic mass is 32.1. The van der Waals surface area contributed by atoms with Crippen LogP contribution in [0, 0.1) is 6.92 Å². The number of H-pyrrole nitrogens is 1. The molecular formula is C22H21N5O3S. The Morgan fingerprint density at radius 3 is 2.71 bits per heavy atom. The van der Waals surface area contributed by atoms with Gasteiger partial charge in [0.1, 0.15) is 21.6 Å². The van der Waals surface area contributed by atoms with Gasteiger partial charge >= 0.3 is 0 Å². The fraction of sp³-hybridized carbons (Fsp3) is 0.227. The Kier molecular flexibility index (Phi) is 4.84. The maximum absolute atomic E-state index is 13.0. The smallest absolute Gasteiger partial charge is 0.265 e. The van der Waals surface area contributed by atoms with Gasteiger partial charge in [-0.05, 0) is 36.2 Å². The quantitative estimate of drug-likeness (QED) is 0.438. The number of aromatic amines is 1. The van der Waals surface area contributed by atoms with Crippen LogP contribution in [-0.4, -0.2) is 35.3 Å². The van der Waals surface area contributed by atoms with Gasteiger partial charge in [-0.3, -0.25) is 9.89 Å². The summed E-state index contributed by atoms with van der Waals surface area (Å²) in [5.74, 6) is 0.638. The first-order valence-electron chi connectivity index (χ1n) is 9.76. The Hall–Kier alpha value is -3.43. The molecule has 0 saturated carbocycles. The van der Waals surface area contributed by atoms with Crippen molar-refractivity contribution in [3.05, 3.63) is 58.4 Å². The average Bonchev–Trinajstić information content (AvgIpc) is 3.39. The third-order valence-electron chi connectivity index (χ3n) is 5.30. The van der Waals surface area contributed by atoms with E-state index < -0.39 is 6.17 Å². The van der Waals surface area contributed by atoms with Crippen LogP contribution in [0.2, 0.25) is 0 Å². The number of aromatic nitrogens is 3. The Morgan fingerprint density at radius 2 is 1.97 bits per heavy atom. The van der Waals surface area contributed by atoms with Crippen LogP contribution in [0.1, 0.15) is 32.8 Å². The summed E-state index contributed by atoms with van der Waals surface area (Å²) in [6, 6.07) is 9.73. The number of methoxy groups -OCH3 is 2. The number of carbonyl (C=O) groups excluding carboxylic acids is 1. The Morgan fingerprint density at radius 1 is 1.16 bits per heavy atom. The zero-order chi connectivity index (χ0) is 21.5. The van der Waals surface area contributed by atoms with Gasteiger partial charge in [-0.15, -0.1) is 11.3 Å². The van der Waals surface area contributed by atoms with E-state index in [-0.39, 0.29) is 5.91 Å². The number of amides is 1. The van der Waals surface area contributed by atoms with Crippen molar-refractivity contribution in [1.82, 2.24) is 20.5 Å². The normalized spacial score (nSPS) is 15.5. The van der Waals surface area contributed by atoms with Gasteiger partial charge in [-0.2, -0.15) is 5.10 Å². The zero-order valence-electron chi connectivity index (χ0n) is 17.3. The van der Waals surface area contributed by atoms with E-state index in [0.717, 1.165) is 49.7 Å². The number of fused-ring (bicyclic) bond motifs is 3. The maximum atomic E-state index is 13.0. The molecule has 1 atom stereocenters. The van der Waals surface area contributed by atoms with E-state index in [1.54, 1.807) is 20.4 Å². The summed E-state index contributed by atoms with van der Waals surface area (Å²) in [5.41, 5.74) is 5.32. The van der Waals surface area contributed by atoms with Gasteiger partial charge in [-0.1, -0.05) is 12.1 Å². The predicted octanol–water partition coefficient (Wildman–Crippen LogP) is 4.00. The maximum Gasteiger partial charge on any atom is 0.265 e. The van der Waals surface area contributed by atoms with E-state index >= 15 is 0 Å². The molecule has 0 fully saturated rings. The van der Waals surface area contributed by atoms with Gasteiger partial charge in [0, 0.05) is 23.8 Å². The van der Waals surface area contributed by atoms with Crippen LogP contribution in [0.15, 0.2) is 36.5 Å². The molecule has 4 heterocycles. The SMILES string of the molecule is COCc1cc(C)nc2sc3c(c12)N[C@H](c1[nH]ncc1-c1ccc(OC)cc1)NC3=O. The molecule has 3 N–H and O–H groups in total. The monoisotopic (exact) mass is 435 g/mol. The van der Waals surface area contributed by atoms with Crippen molar-refractivity contribution in [2.45, 2.75) is 19.7 Å². The number of hydrogen-bond acceptors (Lipinski definition) is 7. The summed E-state index contributed by atoms with van der Waals surface area (Å²) >= 11 is 1.39. The molecule has 0 bridgehead atoms. The molecule has 0 spiro atoms. The minimum absolute atomic E-state index is 0.141. The first-order chi connectivity index (χ1) is 15.1. The van der Waals surface area contributed by atoms with Gasteiger partial charge in [0.25, 0.3) is 5.91 Å². The lowest BCUT2D eigenvalue weighted by Crippen LogP contribution is -2.38. The number of anilines is 1. The third kappa shape index (κ3) is 3.31. The summed E-state index contributed by atoms with van der Waals surface area (Å²) in [6.07, 6.45) is 1.29. The molecule has 0 unspecified atom stereocenters. The molecule has 0 saturated heterocycles. The number of nitrogens with one attached hydrogen (secondary N) is 3. The van der Waals surface area contributed by atoms with Crippen molar-refractivity contribution in [2.24, 2.45) is 0 Å². The third-order valence-corrected chi connectivity index (χ3v) is 6.38. The molecule has 0 radical (unpaired) electrons. The van der Waals surface area contributed by atoms with Crippen molar-refractivity contribution >= 4 is 33.1 Å². The van der Waals surface area contributed by atoms with Crippen LogP contribution in [0.5, 0.6) is 5.75 Å². The minimum Gasteiger partial charge on any atom is -0.497 e. The summed E-state index contributed by atoms with van der Waals surface area (Å²) in [6.45, 7) is 2.39. The summed E-state index contributed by atoms with van der Waals surface area (Å²) < 4.78 is 10.6. The number of hydrogen-bond donors (Lipinski definition) is 3. The van der Waals surface area contributed by atoms with E-state index in [2.05, 4.69) is 25.8 Å². The first kappa shape index (κ1) is 19.5. The average molecular weight is 436 g/mol. The number of benzene rings is 1. The number of pyridine rings is 1. The molecule has 1 aliphatic rings. The van der Waals surface area contributed by atoms with Gasteiger partial charge in [0.05, 0.1) is 31.3 Å². The number of rotatable bonds is 5. The summed E-state index contributed by atoms with van der Waals surface area (Å²) in [4.78, 5) is 19.1. The van der Waals surface area contributed by atoms with Crippen molar-refractivity contribution in [3.8, 4) is 16.9 Å². The minimum atomic E-state index is -0.464. The Balaban J connectivity index is 1.57. The number of thiophene rings is 1. The van der Waals surface area contributed by atoms with E-state index in [1.807, 2.05) is 37.3 Å². The fourth-order valence-corrected chi connectivity index (χ4v) is 5.05. The number of aryl methyl sites for hydroxylation is 1. The second-order valence-electron chi connectivity index (χ2n) is 7.32. The van der Waals surface area contributed by atoms with E-state index in [0.29, 0.717) is 11.5 Å². The molecule has 5 rings (SSSR count). The second kappa shape index (κ2) is 7.68. The number of ether oxygens (including phenoxy) is 2. The molecule has 9 heteroatoms. The van der Waals surface area contributed by atoms with E-state index in [9.17, 15) is 4.79 Å². The van der Waals surface area contributed by atoms with Crippen LogP contribution < -0.4 is 15.4 Å². The van der Waals surface area contributed by atoms with Crippen molar-refractivity contribution in [2.75, 3.05) is 19.5 Å². The number of carbonyl (C=O) groups is 1. The molecule has 4 aromatic rings. The molecule has 8 nitrogen and oxygen atoms in total. The van der Waals surface area contributed by atoms with Gasteiger partial charge in [-0.25, -0.2) is 4.98 Å². The molecule has 1 aromatic carbocycles. The molecule has 1 aliphatic heterocycles. The van der Waals surface area contributed by atoms with Crippen LogP contribution in [0.25, 0.3) is 21.3 Å². The van der Waals surface area contributed by atoms with E-state index in [4.69, 9.17) is 9.47 Å². The molecule has 1 amide bonds. The molecular weight excluding hydrogens is 414 g/mol. The zero-order valence-corrected chi connectivity index (χ0v) is 18.1. The van der Waals surface area contributed by atoms with Crippen molar-refractivity contribution in [1.29, 1.82) is 0 Å². The highest BCUT2D eigenvalue weighted by Crippen LogP contribution is 2.42. The lowest BCUT2D eigenvalue weighted by molar-refractivity contribution is 0.0939. The fourth-order valence-electron chi connectivity index (χ4n) is 3.92. The molecule has 0 aliphatic carbocycles. The lowest BCUT2D eigenvalue weighted by Gasteiger charge is -2.26. The predicted molar refractivity (Wildman–Crippen MR) is 119 cm³/mol. The van der Waals surface area contributed by atoms with Crippen LogP contribution in [0.3, 0.4) is 0 Å². The summed E-state index contributed by atoms with van der Waals surface area (Å²) in [7, 11) is 3.30. The van der Waals surface area contributed by atoms with Crippen LogP contribution in [-0.2, 0) is 11.3 Å². The highest BCUT2D eigenvalue weighted by Gasteiger charge is 2.32. The van der Waals surface area contributed by atoms with Gasteiger partial charge < -0.3 is 20.1 Å². The van der Waals surface area contributed by atoms with Crippen molar-refractivity contribution in [3.63, 3.8) is 0 Å².